The fourth-order valence-electron chi connectivity index (χ4n) is 10.6. The van der Waals surface area contributed by atoms with Crippen molar-refractivity contribution in [1.82, 2.24) is 9.13 Å². The summed E-state index contributed by atoms with van der Waals surface area (Å²) < 4.78 is 4.67. The van der Waals surface area contributed by atoms with Crippen molar-refractivity contribution >= 4 is 49.3 Å². The monoisotopic (exact) mass is 894 g/mol. The summed E-state index contributed by atoms with van der Waals surface area (Å²) in [5, 5.41) is 15.4. The number of fused-ring (bicyclic) bond motifs is 6. The van der Waals surface area contributed by atoms with Crippen LogP contribution in [0.3, 0.4) is 0 Å². The standard InChI is InChI=1S/C66H46N4/c1-41-10-6-14-45(30-41)49-19-25-56-57-26-20-50(46-15-7-11-42(2)31-46)35-64(57)69(63(56)34-49)54-23-18-53(40-67)60(38-54)61-39-55(24-29-62(61)68-5)70-65-36-51(47-16-8-12-43(3)32-47)21-27-58(65)59-28-22-52(37-66(59)70)48-17-9-13-44(4)33-48/h6-39H,1-4H3. The average Bonchev–Trinajstić information content (AvgIpc) is 3.89. The number of nitrogens with zero attached hydrogens (tertiary/aromatic N) is 4. The van der Waals surface area contributed by atoms with Crippen molar-refractivity contribution in [2.75, 3.05) is 0 Å². The second-order valence-corrected chi connectivity index (χ2v) is 18.7. The number of aromatic nitrogens is 2. The van der Waals surface area contributed by atoms with E-state index in [1.54, 1.807) is 0 Å². The van der Waals surface area contributed by atoms with Gasteiger partial charge in [-0.25, -0.2) is 4.85 Å². The molecule has 2 heterocycles. The maximum absolute atomic E-state index is 10.9. The molecule has 0 N–H and O–H groups in total. The Morgan fingerprint density at radius 3 is 1.01 bits per heavy atom. The maximum Gasteiger partial charge on any atom is 0.195 e. The minimum absolute atomic E-state index is 0.477. The van der Waals surface area contributed by atoms with Crippen molar-refractivity contribution in [1.29, 1.82) is 5.26 Å². The summed E-state index contributed by atoms with van der Waals surface area (Å²) in [6.45, 7) is 17.0. The van der Waals surface area contributed by atoms with Crippen LogP contribution in [-0.4, -0.2) is 9.13 Å². The lowest BCUT2D eigenvalue weighted by Crippen LogP contribution is -1.98. The molecule has 0 aliphatic rings. The van der Waals surface area contributed by atoms with Crippen LogP contribution in [0.15, 0.2) is 206 Å². The molecule has 0 fully saturated rings. The first-order chi connectivity index (χ1) is 34.2. The molecule has 4 nitrogen and oxygen atoms in total. The van der Waals surface area contributed by atoms with E-state index in [2.05, 4.69) is 236 Å². The van der Waals surface area contributed by atoms with Gasteiger partial charge in [-0.05, 0) is 138 Å². The van der Waals surface area contributed by atoms with E-state index in [4.69, 9.17) is 6.57 Å². The summed E-state index contributed by atoms with van der Waals surface area (Å²) >= 11 is 0. The van der Waals surface area contributed by atoms with Crippen molar-refractivity contribution in [3.05, 3.63) is 245 Å². The summed E-state index contributed by atoms with van der Waals surface area (Å²) in [4.78, 5) is 4.11. The van der Waals surface area contributed by atoms with Crippen LogP contribution in [0.2, 0.25) is 0 Å². The molecule has 0 amide bonds. The van der Waals surface area contributed by atoms with Crippen LogP contribution in [0.4, 0.5) is 5.69 Å². The Balaban J connectivity index is 1.10. The first-order valence-corrected chi connectivity index (χ1v) is 23.7. The summed E-state index contributed by atoms with van der Waals surface area (Å²) in [5.41, 5.74) is 22.3. The molecule has 0 atom stereocenters. The normalized spacial score (nSPS) is 11.4. The number of benzene rings is 10. The summed E-state index contributed by atoms with van der Waals surface area (Å²) in [5.74, 6) is 0. The second-order valence-electron chi connectivity index (χ2n) is 18.7. The van der Waals surface area contributed by atoms with Gasteiger partial charge < -0.3 is 9.13 Å². The predicted molar refractivity (Wildman–Crippen MR) is 292 cm³/mol. The molecule has 70 heavy (non-hydrogen) atoms. The van der Waals surface area contributed by atoms with Crippen molar-refractivity contribution in [3.8, 4) is 73.1 Å². The molecule has 0 unspecified atom stereocenters. The molecule has 0 radical (unpaired) electrons. The average molecular weight is 895 g/mol. The number of aryl methyl sites for hydroxylation is 4. The van der Waals surface area contributed by atoms with Crippen molar-refractivity contribution in [2.45, 2.75) is 27.7 Å². The van der Waals surface area contributed by atoms with Gasteiger partial charge in [0.15, 0.2) is 5.69 Å². The van der Waals surface area contributed by atoms with Gasteiger partial charge in [0, 0.05) is 32.9 Å². The van der Waals surface area contributed by atoms with E-state index in [0.29, 0.717) is 22.4 Å². The predicted octanol–water partition coefficient (Wildman–Crippen LogP) is 17.9. The first-order valence-electron chi connectivity index (χ1n) is 23.7. The fraction of sp³-hybridized carbons (Fsp3) is 0.0606. The molecule has 0 spiro atoms. The Hall–Kier alpha value is -9.22. The van der Waals surface area contributed by atoms with Crippen LogP contribution in [0.1, 0.15) is 27.8 Å². The SMILES string of the molecule is [C-]#[N+]c1ccc(-n2c3cc(-c4cccc(C)c4)ccc3c3ccc(-c4cccc(C)c4)cc32)cc1-c1cc(-n2c3cc(-c4cccc(C)c4)ccc3c3ccc(-c4cccc(C)c4)cc32)ccc1C#N. The topological polar surface area (TPSA) is 38.0 Å². The third kappa shape index (κ3) is 7.23. The zero-order valence-corrected chi connectivity index (χ0v) is 39.4. The zero-order chi connectivity index (χ0) is 47.6. The molecule has 0 aliphatic carbocycles. The van der Waals surface area contributed by atoms with E-state index < -0.39 is 0 Å². The molecule has 330 valence electrons. The molecule has 0 saturated carbocycles. The van der Waals surface area contributed by atoms with Gasteiger partial charge in [0.1, 0.15) is 0 Å². The molecule has 2 aromatic heterocycles. The van der Waals surface area contributed by atoms with Gasteiger partial charge in [0.2, 0.25) is 0 Å². The van der Waals surface area contributed by atoms with E-state index in [9.17, 15) is 5.26 Å². The van der Waals surface area contributed by atoms with Crippen molar-refractivity contribution in [2.24, 2.45) is 0 Å². The fourth-order valence-corrected chi connectivity index (χ4v) is 10.6. The quantitative estimate of drug-likeness (QED) is 0.147. The first kappa shape index (κ1) is 42.2. The third-order valence-electron chi connectivity index (χ3n) is 14.0. The Morgan fingerprint density at radius 2 is 0.686 bits per heavy atom. The van der Waals surface area contributed by atoms with Gasteiger partial charge in [-0.15, -0.1) is 0 Å². The minimum atomic E-state index is 0.477. The van der Waals surface area contributed by atoms with Gasteiger partial charge in [-0.1, -0.05) is 174 Å². The second kappa shape index (κ2) is 16.8. The van der Waals surface area contributed by atoms with E-state index >= 15 is 0 Å². The summed E-state index contributed by atoms with van der Waals surface area (Å²) in [6, 6.07) is 76.2. The van der Waals surface area contributed by atoms with Crippen molar-refractivity contribution in [3.63, 3.8) is 0 Å². The van der Waals surface area contributed by atoms with Crippen LogP contribution in [0.5, 0.6) is 0 Å². The maximum atomic E-state index is 10.9. The highest BCUT2D eigenvalue weighted by atomic mass is 15.0. The smallest absolute Gasteiger partial charge is 0.195 e. The lowest BCUT2D eigenvalue weighted by Gasteiger charge is -2.16. The Labute approximate surface area is 408 Å². The highest BCUT2D eigenvalue weighted by Gasteiger charge is 2.21. The van der Waals surface area contributed by atoms with Gasteiger partial charge in [-0.3, -0.25) is 0 Å². The molecule has 12 aromatic rings. The Morgan fingerprint density at radius 1 is 0.357 bits per heavy atom. The highest BCUT2D eigenvalue weighted by Crippen LogP contribution is 2.43. The lowest BCUT2D eigenvalue weighted by atomic mass is 9.97. The molecule has 0 aliphatic heterocycles. The summed E-state index contributed by atoms with van der Waals surface area (Å²) in [7, 11) is 0. The number of nitriles is 1. The minimum Gasteiger partial charge on any atom is -0.309 e. The largest absolute Gasteiger partial charge is 0.309 e. The van der Waals surface area contributed by atoms with Crippen LogP contribution in [0.25, 0.3) is 115 Å². The summed E-state index contributed by atoms with van der Waals surface area (Å²) in [6.07, 6.45) is 0. The lowest BCUT2D eigenvalue weighted by molar-refractivity contribution is 1.17. The third-order valence-corrected chi connectivity index (χ3v) is 14.0. The molecule has 12 rings (SSSR count). The van der Waals surface area contributed by atoms with E-state index in [0.717, 1.165) is 99.5 Å². The van der Waals surface area contributed by atoms with Crippen LogP contribution in [0, 0.1) is 45.6 Å². The van der Waals surface area contributed by atoms with Gasteiger partial charge in [0.05, 0.1) is 40.3 Å². The molecule has 10 aromatic carbocycles. The van der Waals surface area contributed by atoms with Gasteiger partial charge in [-0.2, -0.15) is 5.26 Å². The molecule has 0 bridgehead atoms. The molecular weight excluding hydrogens is 849 g/mol. The zero-order valence-electron chi connectivity index (χ0n) is 39.4. The highest BCUT2D eigenvalue weighted by molar-refractivity contribution is 6.13. The molecule has 0 saturated heterocycles. The molecule has 4 heteroatoms. The Bertz CT molecular complexity index is 3720. The Kier molecular flexibility index (Phi) is 10.1. The van der Waals surface area contributed by atoms with E-state index in [-0.39, 0.29) is 0 Å². The van der Waals surface area contributed by atoms with Crippen LogP contribution < -0.4 is 0 Å². The van der Waals surface area contributed by atoms with Crippen molar-refractivity contribution < 1.29 is 0 Å². The van der Waals surface area contributed by atoms with E-state index in [1.165, 1.54) is 22.3 Å². The number of rotatable bonds is 7. The number of hydrogen-bond acceptors (Lipinski definition) is 1. The van der Waals surface area contributed by atoms with E-state index in [1.807, 2.05) is 18.2 Å². The van der Waals surface area contributed by atoms with Crippen LogP contribution in [-0.2, 0) is 0 Å². The van der Waals surface area contributed by atoms with Gasteiger partial charge in [0.25, 0.3) is 0 Å². The van der Waals surface area contributed by atoms with Gasteiger partial charge >= 0.3 is 0 Å². The molecular formula is C66H46N4. The van der Waals surface area contributed by atoms with Crippen LogP contribution >= 0.6 is 0 Å². The number of hydrogen-bond donors (Lipinski definition) is 0.